The molecule has 420 valence electrons. The highest BCUT2D eigenvalue weighted by Crippen LogP contribution is 2.55. The van der Waals surface area contributed by atoms with Crippen LogP contribution in [0.2, 0.25) is 0 Å². The van der Waals surface area contributed by atoms with Crippen LogP contribution in [0.1, 0.15) is 66.8 Å². The van der Waals surface area contributed by atoms with E-state index >= 15 is 0 Å². The Morgan fingerprint density at radius 2 is 0.443 bits per heavy atom. The predicted molar refractivity (Wildman–Crippen MR) is 380 cm³/mol. The van der Waals surface area contributed by atoms with Gasteiger partial charge in [-0.25, -0.2) is 0 Å². The molecule has 0 atom stereocenters. The van der Waals surface area contributed by atoms with Crippen molar-refractivity contribution in [2.45, 2.75) is 41.5 Å². The molecule has 0 saturated carbocycles. The zero-order chi connectivity index (χ0) is 59.6. The van der Waals surface area contributed by atoms with Crippen LogP contribution in [0.3, 0.4) is 0 Å². The third kappa shape index (κ3) is 9.64. The van der Waals surface area contributed by atoms with Crippen LogP contribution in [0.4, 0.5) is 34.1 Å². The number of benzene rings is 15. The minimum absolute atomic E-state index is 1.09. The van der Waals surface area contributed by atoms with Gasteiger partial charge in [-0.3, -0.25) is 0 Å². The molecule has 0 aliphatic carbocycles. The molecule has 15 rings (SSSR count). The Morgan fingerprint density at radius 3 is 0.739 bits per heavy atom. The van der Waals surface area contributed by atoms with E-state index in [1.807, 2.05) is 0 Å². The molecule has 0 spiro atoms. The second-order valence-corrected chi connectivity index (χ2v) is 24.1. The quantitative estimate of drug-likeness (QED) is 0.0683. The van der Waals surface area contributed by atoms with Gasteiger partial charge in [0.05, 0.1) is 11.4 Å². The van der Waals surface area contributed by atoms with Gasteiger partial charge in [-0.2, -0.15) is 0 Å². The monoisotopic (exact) mass is 1130 g/mol. The summed E-state index contributed by atoms with van der Waals surface area (Å²) in [5, 5.41) is 14.8. The van der Waals surface area contributed by atoms with Crippen molar-refractivity contribution in [3.05, 3.63) is 346 Å². The number of hydrogen-bond acceptors (Lipinski definition) is 2. The van der Waals surface area contributed by atoms with E-state index in [4.69, 9.17) is 0 Å². The second-order valence-electron chi connectivity index (χ2n) is 24.1. The van der Waals surface area contributed by atoms with Gasteiger partial charge in [-0.15, -0.1) is 0 Å². The van der Waals surface area contributed by atoms with Crippen LogP contribution in [0.5, 0.6) is 0 Å². The van der Waals surface area contributed by atoms with Crippen molar-refractivity contribution in [2.24, 2.45) is 0 Å². The number of nitrogens with zero attached hydrogens (tertiary/aromatic N) is 2. The second kappa shape index (κ2) is 22.2. The summed E-state index contributed by atoms with van der Waals surface area (Å²) in [5.74, 6) is 0. The fraction of sp³-hybridized carbons (Fsp3) is 0.0698. The van der Waals surface area contributed by atoms with Gasteiger partial charge >= 0.3 is 0 Å². The standard InChI is InChI=1S/C86H66N2/c1-55-21-37-63(38-22-55)79(64-39-23-56(2)24-40-64)53-61-33-49-69(50-34-61)87(67-45-29-59(5)30-46-67)85-75-15-9-7-13-73(75)83-81-71(17-11-19-77(81)85)72-18-12-20-78-82(72)84(83)74-14-8-10-16-76(74)86(78)88(68-47-31-60(6)32-48-68)70-51-35-62(36-52-70)54-80(65-41-25-57(3)26-42-65)66-43-27-58(4)28-44-66/h7-54H,1-6H3. The smallest absolute Gasteiger partial charge is 0.0619 e. The summed E-state index contributed by atoms with van der Waals surface area (Å²) in [6, 6.07) is 104. The van der Waals surface area contributed by atoms with E-state index in [-0.39, 0.29) is 0 Å². The molecular formula is C86H66N2. The Kier molecular flexibility index (Phi) is 13.6. The largest absolute Gasteiger partial charge is 0.309 e. The Balaban J connectivity index is 0.942. The van der Waals surface area contributed by atoms with Crippen molar-refractivity contribution in [3.63, 3.8) is 0 Å². The van der Waals surface area contributed by atoms with Crippen LogP contribution in [0.15, 0.2) is 279 Å². The van der Waals surface area contributed by atoms with Gasteiger partial charge in [0.25, 0.3) is 0 Å². The average molecular weight is 1130 g/mol. The SMILES string of the molecule is Cc1ccc(C(=Cc2ccc(N(c3ccc(C)cc3)c3c4ccccc4c4c5c3cccc5c3cccc5c(N(c6ccc(C)cc6)c6ccc(C=C(c7ccc(C)cc7)c7ccc(C)cc7)cc6)c6ccccc6c4c53)cc2)c2ccc(C)cc2)cc1. The normalized spacial score (nSPS) is 11.5. The van der Waals surface area contributed by atoms with E-state index in [2.05, 4.69) is 343 Å². The number of hydrogen-bond donors (Lipinski definition) is 0. The van der Waals surface area contributed by atoms with E-state index in [0.29, 0.717) is 0 Å². The van der Waals surface area contributed by atoms with Crippen molar-refractivity contribution < 1.29 is 0 Å². The zero-order valence-electron chi connectivity index (χ0n) is 50.6. The molecule has 15 aromatic carbocycles. The first kappa shape index (κ1) is 53.9. The lowest BCUT2D eigenvalue weighted by Gasteiger charge is -2.31. The molecule has 88 heavy (non-hydrogen) atoms. The number of rotatable bonds is 12. The molecule has 0 aliphatic rings. The van der Waals surface area contributed by atoms with E-state index in [1.54, 1.807) is 0 Å². The molecule has 0 fully saturated rings. The van der Waals surface area contributed by atoms with Crippen molar-refractivity contribution in [1.29, 1.82) is 0 Å². The first-order chi connectivity index (χ1) is 43.1. The average Bonchev–Trinajstić information content (AvgIpc) is 0.690. The molecule has 0 radical (unpaired) electrons. The Bertz CT molecular complexity index is 4740. The molecule has 15 aromatic rings. The van der Waals surface area contributed by atoms with Gasteiger partial charge in [0.15, 0.2) is 0 Å². The Hall–Kier alpha value is -10.8. The van der Waals surface area contributed by atoms with E-state index in [0.717, 1.165) is 45.3 Å². The van der Waals surface area contributed by atoms with E-state index in [9.17, 15) is 0 Å². The van der Waals surface area contributed by atoms with Crippen LogP contribution in [-0.4, -0.2) is 0 Å². The highest BCUT2D eigenvalue weighted by molar-refractivity contribution is 6.46. The fourth-order valence-electron chi connectivity index (χ4n) is 13.4. The Labute approximate surface area is 516 Å². The third-order valence-electron chi connectivity index (χ3n) is 18.0. The fourth-order valence-corrected chi connectivity index (χ4v) is 13.4. The molecule has 0 saturated heterocycles. The van der Waals surface area contributed by atoms with Crippen molar-refractivity contribution >= 4 is 122 Å². The maximum atomic E-state index is 2.50. The van der Waals surface area contributed by atoms with Crippen LogP contribution >= 0.6 is 0 Å². The summed E-state index contributed by atoms with van der Waals surface area (Å²) < 4.78 is 0. The van der Waals surface area contributed by atoms with Gasteiger partial charge in [-0.05, 0) is 179 Å². The van der Waals surface area contributed by atoms with Crippen molar-refractivity contribution in [3.8, 4) is 0 Å². The minimum atomic E-state index is 1.09. The van der Waals surface area contributed by atoms with Gasteiger partial charge in [-0.1, -0.05) is 264 Å². The lowest BCUT2D eigenvalue weighted by Crippen LogP contribution is -2.12. The molecule has 2 heteroatoms. The molecular weight excluding hydrogens is 1060 g/mol. The van der Waals surface area contributed by atoms with Crippen LogP contribution in [0, 0.1) is 41.5 Å². The summed E-state index contributed by atoms with van der Waals surface area (Å²) in [5.41, 5.74) is 23.6. The molecule has 0 aromatic heterocycles. The molecule has 2 nitrogen and oxygen atoms in total. The topological polar surface area (TPSA) is 6.48 Å². The molecule has 0 N–H and O–H groups in total. The van der Waals surface area contributed by atoms with Gasteiger partial charge in [0, 0.05) is 55.1 Å². The Morgan fingerprint density at radius 1 is 0.216 bits per heavy atom. The maximum absolute atomic E-state index is 2.50. The first-order valence-electron chi connectivity index (χ1n) is 30.7. The number of aryl methyl sites for hydroxylation is 6. The summed E-state index contributed by atoms with van der Waals surface area (Å²) in [7, 11) is 0. The van der Waals surface area contributed by atoms with Gasteiger partial charge in [0.1, 0.15) is 0 Å². The predicted octanol–water partition coefficient (Wildman–Crippen LogP) is 24.0. The highest BCUT2D eigenvalue weighted by Gasteiger charge is 2.28. The van der Waals surface area contributed by atoms with Crippen molar-refractivity contribution in [2.75, 3.05) is 9.80 Å². The van der Waals surface area contributed by atoms with Crippen molar-refractivity contribution in [1.82, 2.24) is 0 Å². The minimum Gasteiger partial charge on any atom is -0.309 e. The molecule has 0 amide bonds. The summed E-state index contributed by atoms with van der Waals surface area (Å²) in [6.45, 7) is 12.9. The zero-order valence-corrected chi connectivity index (χ0v) is 50.6. The summed E-state index contributed by atoms with van der Waals surface area (Å²) in [6.07, 6.45) is 4.68. The lowest BCUT2D eigenvalue weighted by molar-refractivity contribution is 1.30. The third-order valence-corrected chi connectivity index (χ3v) is 18.0. The van der Waals surface area contributed by atoms with Crippen LogP contribution in [0.25, 0.3) is 87.9 Å². The molecule has 0 bridgehead atoms. The van der Waals surface area contributed by atoms with E-state index in [1.165, 1.54) is 131 Å². The van der Waals surface area contributed by atoms with Gasteiger partial charge < -0.3 is 9.80 Å². The number of fused-ring (bicyclic) bond motifs is 6. The first-order valence-corrected chi connectivity index (χ1v) is 30.7. The molecule has 0 heterocycles. The molecule has 0 aliphatic heterocycles. The molecule has 0 unspecified atom stereocenters. The lowest BCUT2D eigenvalue weighted by atomic mass is 9.83. The maximum Gasteiger partial charge on any atom is 0.0619 e. The highest BCUT2D eigenvalue weighted by atomic mass is 15.2. The number of anilines is 6. The van der Waals surface area contributed by atoms with E-state index < -0.39 is 0 Å². The van der Waals surface area contributed by atoms with Crippen LogP contribution in [-0.2, 0) is 0 Å². The van der Waals surface area contributed by atoms with Gasteiger partial charge in [0.2, 0.25) is 0 Å². The summed E-state index contributed by atoms with van der Waals surface area (Å²) in [4.78, 5) is 5.01. The summed E-state index contributed by atoms with van der Waals surface area (Å²) >= 11 is 0. The van der Waals surface area contributed by atoms with Crippen LogP contribution < -0.4 is 9.80 Å².